The maximum absolute atomic E-state index is 11.1. The Balaban J connectivity index is 2.32. The van der Waals surface area contributed by atoms with Gasteiger partial charge in [0.2, 0.25) is 5.91 Å². The van der Waals surface area contributed by atoms with Crippen molar-refractivity contribution >= 4 is 28.5 Å². The maximum Gasteiger partial charge on any atom is 0.222 e. The summed E-state index contributed by atoms with van der Waals surface area (Å²) in [6.45, 7) is 1.93. The molecule has 0 spiro atoms. The Morgan fingerprint density at radius 3 is 2.90 bits per heavy atom. The van der Waals surface area contributed by atoms with Crippen molar-refractivity contribution in [2.45, 2.75) is 19.3 Å². The number of hydrogen-bond acceptors (Lipinski definition) is 1. The molecule has 58 valence electrons. The molecule has 1 fully saturated rings. The first kappa shape index (κ1) is 8.30. The highest BCUT2D eigenvalue weighted by Gasteiger charge is 2.16. The molecule has 1 saturated heterocycles. The van der Waals surface area contributed by atoms with Gasteiger partial charge in [0.05, 0.1) is 0 Å². The summed E-state index contributed by atoms with van der Waals surface area (Å²) < 4.78 is 1.06. The summed E-state index contributed by atoms with van der Waals surface area (Å²) in [6.07, 6.45) is 3.07. The minimum Gasteiger partial charge on any atom is -0.342 e. The molecular formula is C7H12INO. The first-order chi connectivity index (χ1) is 4.84. The number of hydrogen-bond donors (Lipinski definition) is 0. The van der Waals surface area contributed by atoms with E-state index in [2.05, 4.69) is 22.6 Å². The van der Waals surface area contributed by atoms with Gasteiger partial charge < -0.3 is 4.90 Å². The van der Waals surface area contributed by atoms with Gasteiger partial charge in [0.15, 0.2) is 0 Å². The summed E-state index contributed by atoms with van der Waals surface area (Å²) in [4.78, 5) is 13.1. The van der Waals surface area contributed by atoms with E-state index >= 15 is 0 Å². The molecule has 0 aromatic rings. The monoisotopic (exact) mass is 253 g/mol. The number of alkyl halides is 1. The van der Waals surface area contributed by atoms with Crippen molar-refractivity contribution in [2.75, 3.05) is 17.5 Å². The first-order valence-electron chi connectivity index (χ1n) is 3.68. The van der Waals surface area contributed by atoms with Crippen LogP contribution in [0.2, 0.25) is 0 Å². The van der Waals surface area contributed by atoms with E-state index < -0.39 is 0 Å². The first-order valence-corrected chi connectivity index (χ1v) is 5.21. The van der Waals surface area contributed by atoms with Gasteiger partial charge >= 0.3 is 0 Å². The normalized spacial score (nSPS) is 19.7. The van der Waals surface area contributed by atoms with Crippen LogP contribution in [0.25, 0.3) is 0 Å². The fraction of sp³-hybridized carbons (Fsp3) is 0.857. The molecule has 1 heterocycles. The average Bonchev–Trinajstić information content (AvgIpc) is 1.94. The van der Waals surface area contributed by atoms with Gasteiger partial charge in [-0.05, 0) is 12.8 Å². The lowest BCUT2D eigenvalue weighted by Gasteiger charge is -2.25. The van der Waals surface area contributed by atoms with Gasteiger partial charge in [-0.1, -0.05) is 22.6 Å². The minimum absolute atomic E-state index is 0.350. The van der Waals surface area contributed by atoms with Gasteiger partial charge in [0.25, 0.3) is 0 Å². The molecule has 0 aliphatic carbocycles. The highest BCUT2D eigenvalue weighted by Crippen LogP contribution is 2.09. The lowest BCUT2D eigenvalue weighted by Crippen LogP contribution is -2.36. The van der Waals surface area contributed by atoms with Crippen molar-refractivity contribution in [3.05, 3.63) is 0 Å². The predicted octanol–water partition coefficient (Wildman–Crippen LogP) is 1.43. The van der Waals surface area contributed by atoms with E-state index in [9.17, 15) is 4.79 Å². The van der Waals surface area contributed by atoms with Crippen LogP contribution in [0, 0.1) is 0 Å². The molecule has 0 unspecified atom stereocenters. The third-order valence-corrected chi connectivity index (χ3v) is 2.26. The topological polar surface area (TPSA) is 20.3 Å². The van der Waals surface area contributed by atoms with Crippen LogP contribution in [0.1, 0.15) is 19.3 Å². The van der Waals surface area contributed by atoms with E-state index in [1.165, 1.54) is 6.42 Å². The fourth-order valence-electron chi connectivity index (χ4n) is 1.20. The zero-order chi connectivity index (χ0) is 7.40. The quantitative estimate of drug-likeness (QED) is 0.538. The zero-order valence-corrected chi connectivity index (χ0v) is 8.13. The highest BCUT2D eigenvalue weighted by atomic mass is 127. The largest absolute Gasteiger partial charge is 0.342 e. The summed E-state index contributed by atoms with van der Waals surface area (Å²) in [5.41, 5.74) is 0. The number of nitrogens with zero attached hydrogens (tertiary/aromatic N) is 1. The second-order valence-electron chi connectivity index (χ2n) is 2.53. The summed E-state index contributed by atoms with van der Waals surface area (Å²) in [5, 5.41) is 0. The van der Waals surface area contributed by atoms with E-state index in [1.54, 1.807) is 0 Å². The molecule has 3 heteroatoms. The van der Waals surface area contributed by atoms with Crippen LogP contribution in [0.4, 0.5) is 0 Å². The maximum atomic E-state index is 11.1. The highest BCUT2D eigenvalue weighted by molar-refractivity contribution is 14.1. The second-order valence-corrected chi connectivity index (χ2v) is 3.61. The molecule has 1 rings (SSSR count). The Morgan fingerprint density at radius 2 is 2.30 bits per heavy atom. The van der Waals surface area contributed by atoms with E-state index in [0.29, 0.717) is 5.91 Å². The van der Waals surface area contributed by atoms with Crippen LogP contribution < -0.4 is 0 Å². The molecule has 0 N–H and O–H groups in total. The summed E-state index contributed by atoms with van der Waals surface area (Å²) in [5.74, 6) is 0.350. The number of likely N-dealkylation sites (tertiary alicyclic amines) is 1. The molecule has 0 radical (unpaired) electrons. The molecule has 10 heavy (non-hydrogen) atoms. The predicted molar refractivity (Wildman–Crippen MR) is 49.3 cm³/mol. The summed E-state index contributed by atoms with van der Waals surface area (Å²) in [6, 6.07) is 0. The van der Waals surface area contributed by atoms with Crippen molar-refractivity contribution in [3.63, 3.8) is 0 Å². The van der Waals surface area contributed by atoms with Crippen molar-refractivity contribution < 1.29 is 4.79 Å². The van der Waals surface area contributed by atoms with Crippen LogP contribution >= 0.6 is 22.6 Å². The van der Waals surface area contributed by atoms with E-state index in [1.807, 2.05) is 4.90 Å². The Labute approximate surface area is 75.1 Å². The van der Waals surface area contributed by atoms with Gasteiger partial charge in [-0.15, -0.1) is 0 Å². The Hall–Kier alpha value is 0.200. The van der Waals surface area contributed by atoms with Gasteiger partial charge in [-0.3, -0.25) is 4.79 Å². The molecule has 0 atom stereocenters. The molecular weight excluding hydrogens is 241 g/mol. The van der Waals surface area contributed by atoms with Crippen LogP contribution in [0.3, 0.4) is 0 Å². The van der Waals surface area contributed by atoms with Crippen molar-refractivity contribution in [1.82, 2.24) is 4.90 Å². The van der Waals surface area contributed by atoms with Crippen LogP contribution in [0.5, 0.6) is 0 Å². The second kappa shape index (κ2) is 4.16. The summed E-state index contributed by atoms with van der Waals surface area (Å²) in [7, 11) is 0. The Kier molecular flexibility index (Phi) is 3.45. The number of halogens is 1. The summed E-state index contributed by atoms with van der Waals surface area (Å²) >= 11 is 2.31. The molecule has 1 aliphatic heterocycles. The minimum atomic E-state index is 0.350. The van der Waals surface area contributed by atoms with Crippen LogP contribution in [0.15, 0.2) is 0 Å². The van der Waals surface area contributed by atoms with Gasteiger partial charge in [-0.2, -0.15) is 0 Å². The fourth-order valence-corrected chi connectivity index (χ4v) is 1.78. The van der Waals surface area contributed by atoms with E-state index in [-0.39, 0.29) is 0 Å². The number of piperidine rings is 1. The third kappa shape index (κ3) is 2.11. The smallest absolute Gasteiger partial charge is 0.222 e. The molecule has 1 amide bonds. The van der Waals surface area contributed by atoms with Crippen molar-refractivity contribution in [2.24, 2.45) is 0 Å². The number of amides is 1. The van der Waals surface area contributed by atoms with E-state index in [0.717, 1.165) is 30.4 Å². The Morgan fingerprint density at radius 1 is 1.50 bits per heavy atom. The SMILES string of the molecule is O=C1CCCCN1CCI. The van der Waals surface area contributed by atoms with E-state index in [4.69, 9.17) is 0 Å². The standard InChI is InChI=1S/C7H12INO/c8-4-6-9-5-2-1-3-7(9)10/h1-6H2. The number of carbonyl (C=O) groups excluding carboxylic acids is 1. The van der Waals surface area contributed by atoms with Crippen molar-refractivity contribution in [3.8, 4) is 0 Å². The molecule has 0 aromatic heterocycles. The number of carbonyl (C=O) groups is 1. The number of rotatable bonds is 2. The molecule has 0 saturated carbocycles. The van der Waals surface area contributed by atoms with Gasteiger partial charge in [0, 0.05) is 23.9 Å². The molecule has 0 aromatic carbocycles. The Bertz CT molecular complexity index is 125. The third-order valence-electron chi connectivity index (χ3n) is 1.78. The van der Waals surface area contributed by atoms with Gasteiger partial charge in [-0.25, -0.2) is 0 Å². The zero-order valence-electron chi connectivity index (χ0n) is 5.98. The molecule has 0 bridgehead atoms. The van der Waals surface area contributed by atoms with Gasteiger partial charge in [0.1, 0.15) is 0 Å². The average molecular weight is 253 g/mol. The molecule has 1 aliphatic rings. The lowest BCUT2D eigenvalue weighted by atomic mass is 10.1. The van der Waals surface area contributed by atoms with Crippen molar-refractivity contribution in [1.29, 1.82) is 0 Å². The van der Waals surface area contributed by atoms with Crippen LogP contribution in [-0.4, -0.2) is 28.3 Å². The van der Waals surface area contributed by atoms with Crippen LogP contribution in [-0.2, 0) is 4.79 Å². The lowest BCUT2D eigenvalue weighted by molar-refractivity contribution is -0.132. The molecule has 2 nitrogen and oxygen atoms in total.